The Bertz CT molecular complexity index is 439. The highest BCUT2D eigenvalue weighted by Crippen LogP contribution is 2.18. The predicted octanol–water partition coefficient (Wildman–Crippen LogP) is 1.95. The van der Waals surface area contributed by atoms with E-state index >= 15 is 0 Å². The van der Waals surface area contributed by atoms with Crippen LogP contribution in [0.1, 0.15) is 28.8 Å². The Kier molecular flexibility index (Phi) is 4.93. The van der Waals surface area contributed by atoms with E-state index in [1.807, 2.05) is 25.1 Å². The van der Waals surface area contributed by atoms with Crippen molar-refractivity contribution in [1.29, 1.82) is 0 Å². The van der Waals surface area contributed by atoms with Crippen LogP contribution in [0.25, 0.3) is 0 Å². The van der Waals surface area contributed by atoms with Gasteiger partial charge in [-0.1, -0.05) is 0 Å². The molecule has 0 radical (unpaired) electrons. The molecular weight excluding hydrogens is 242 g/mol. The van der Waals surface area contributed by atoms with Crippen LogP contribution in [-0.4, -0.2) is 38.7 Å². The van der Waals surface area contributed by atoms with Crippen LogP contribution in [-0.2, 0) is 4.74 Å². The summed E-state index contributed by atoms with van der Waals surface area (Å²) in [4.78, 5) is 12.0. The van der Waals surface area contributed by atoms with Crippen molar-refractivity contribution >= 4 is 5.78 Å². The van der Waals surface area contributed by atoms with Gasteiger partial charge in [0.2, 0.25) is 0 Å². The minimum Gasteiger partial charge on any atom is -0.496 e. The Morgan fingerprint density at radius 1 is 1.53 bits per heavy atom. The number of methoxy groups -OCH3 is 1. The number of nitrogens with one attached hydrogen (secondary N) is 1. The maximum Gasteiger partial charge on any atom is 0.176 e. The summed E-state index contributed by atoms with van der Waals surface area (Å²) in [5, 5.41) is 3.17. The second kappa shape index (κ2) is 6.68. The highest BCUT2D eigenvalue weighted by Gasteiger charge is 2.15. The molecule has 1 N–H and O–H groups in total. The first-order chi connectivity index (χ1) is 9.20. The van der Waals surface area contributed by atoms with Gasteiger partial charge in [0.1, 0.15) is 5.75 Å². The van der Waals surface area contributed by atoms with E-state index in [0.29, 0.717) is 6.54 Å². The Labute approximate surface area is 114 Å². The molecule has 1 aliphatic rings. The van der Waals surface area contributed by atoms with Crippen LogP contribution >= 0.6 is 0 Å². The van der Waals surface area contributed by atoms with Crippen LogP contribution in [0.3, 0.4) is 0 Å². The fourth-order valence-corrected chi connectivity index (χ4v) is 2.31. The zero-order valence-electron chi connectivity index (χ0n) is 11.6. The van der Waals surface area contributed by atoms with Crippen molar-refractivity contribution in [3.05, 3.63) is 29.3 Å². The number of ketones is 1. The zero-order chi connectivity index (χ0) is 13.7. The van der Waals surface area contributed by atoms with Crippen molar-refractivity contribution in [2.24, 2.45) is 0 Å². The number of rotatable bonds is 6. The monoisotopic (exact) mass is 263 g/mol. The molecule has 1 aliphatic heterocycles. The summed E-state index contributed by atoms with van der Waals surface area (Å²) in [6.07, 6.45) is 2.48. The average molecular weight is 263 g/mol. The molecule has 0 saturated carbocycles. The van der Waals surface area contributed by atoms with E-state index in [1.54, 1.807) is 7.11 Å². The molecule has 1 heterocycles. The number of Topliss-reactive ketones (excluding diaryl/α,β-unsaturated/α-hetero) is 1. The Morgan fingerprint density at radius 2 is 2.37 bits per heavy atom. The quantitative estimate of drug-likeness (QED) is 0.797. The van der Waals surface area contributed by atoms with Crippen LogP contribution in [0.2, 0.25) is 0 Å². The lowest BCUT2D eigenvalue weighted by molar-refractivity contribution is 0.0955. The zero-order valence-corrected chi connectivity index (χ0v) is 11.6. The highest BCUT2D eigenvalue weighted by atomic mass is 16.5. The second-order valence-electron chi connectivity index (χ2n) is 4.87. The van der Waals surface area contributed by atoms with Gasteiger partial charge in [-0.15, -0.1) is 0 Å². The molecule has 4 nitrogen and oxygen atoms in total. The van der Waals surface area contributed by atoms with Gasteiger partial charge in [0.05, 0.1) is 19.8 Å². The molecule has 0 aliphatic carbocycles. The van der Waals surface area contributed by atoms with Crippen LogP contribution in [0.5, 0.6) is 5.75 Å². The number of benzene rings is 1. The molecule has 1 aromatic rings. The first kappa shape index (κ1) is 14.0. The molecule has 0 bridgehead atoms. The largest absolute Gasteiger partial charge is 0.496 e. The number of hydrogen-bond acceptors (Lipinski definition) is 4. The van der Waals surface area contributed by atoms with Crippen molar-refractivity contribution in [2.45, 2.75) is 25.9 Å². The van der Waals surface area contributed by atoms with Crippen LogP contribution in [0, 0.1) is 6.92 Å². The van der Waals surface area contributed by atoms with Gasteiger partial charge in [0, 0.05) is 18.7 Å². The fourth-order valence-electron chi connectivity index (χ4n) is 2.31. The number of ether oxygens (including phenoxy) is 2. The van der Waals surface area contributed by atoms with Crippen LogP contribution in [0.15, 0.2) is 18.2 Å². The molecule has 1 fully saturated rings. The van der Waals surface area contributed by atoms with E-state index in [4.69, 9.17) is 9.47 Å². The third kappa shape index (κ3) is 3.78. The van der Waals surface area contributed by atoms with E-state index in [0.717, 1.165) is 42.9 Å². The third-order valence-corrected chi connectivity index (χ3v) is 3.40. The van der Waals surface area contributed by atoms with Gasteiger partial charge in [0.15, 0.2) is 5.78 Å². The Hall–Kier alpha value is -1.39. The Morgan fingerprint density at radius 3 is 3.00 bits per heavy atom. The number of carbonyl (C=O) groups excluding carboxylic acids is 1. The highest BCUT2D eigenvalue weighted by molar-refractivity contribution is 5.97. The first-order valence-electron chi connectivity index (χ1n) is 6.71. The van der Waals surface area contributed by atoms with Gasteiger partial charge in [-0.05, 0) is 43.5 Å². The molecule has 19 heavy (non-hydrogen) atoms. The summed E-state index contributed by atoms with van der Waals surface area (Å²) >= 11 is 0. The minimum atomic E-state index is 0.101. The molecule has 1 unspecified atom stereocenters. The lowest BCUT2D eigenvalue weighted by atomic mass is 10.1. The molecule has 2 rings (SSSR count). The molecular formula is C15H21NO3. The van der Waals surface area contributed by atoms with Crippen molar-refractivity contribution in [3.8, 4) is 5.75 Å². The topological polar surface area (TPSA) is 47.6 Å². The van der Waals surface area contributed by atoms with E-state index in [-0.39, 0.29) is 11.9 Å². The summed E-state index contributed by atoms with van der Waals surface area (Å²) in [5.74, 6) is 0.910. The molecule has 104 valence electrons. The molecule has 0 spiro atoms. The van der Waals surface area contributed by atoms with Crippen molar-refractivity contribution in [1.82, 2.24) is 5.32 Å². The first-order valence-corrected chi connectivity index (χ1v) is 6.71. The van der Waals surface area contributed by atoms with Gasteiger partial charge >= 0.3 is 0 Å². The summed E-state index contributed by atoms with van der Waals surface area (Å²) in [6, 6.07) is 5.51. The number of carbonyl (C=O) groups is 1. The minimum absolute atomic E-state index is 0.101. The predicted molar refractivity (Wildman–Crippen MR) is 73.9 cm³/mol. The van der Waals surface area contributed by atoms with Gasteiger partial charge < -0.3 is 14.8 Å². The van der Waals surface area contributed by atoms with Gasteiger partial charge in [-0.3, -0.25) is 4.79 Å². The van der Waals surface area contributed by atoms with Gasteiger partial charge in [0.25, 0.3) is 0 Å². The van der Waals surface area contributed by atoms with Crippen molar-refractivity contribution in [2.75, 3.05) is 26.8 Å². The number of aryl methyl sites for hydroxylation is 1. The normalized spacial score (nSPS) is 18.5. The molecule has 1 atom stereocenters. The van der Waals surface area contributed by atoms with Crippen molar-refractivity contribution < 1.29 is 14.3 Å². The average Bonchev–Trinajstić information content (AvgIpc) is 2.91. The molecule has 1 aromatic carbocycles. The molecule has 0 amide bonds. The van der Waals surface area contributed by atoms with Crippen molar-refractivity contribution in [3.63, 3.8) is 0 Å². The molecule has 1 saturated heterocycles. The fraction of sp³-hybridized carbons (Fsp3) is 0.533. The SMILES string of the molecule is COc1ccc(C(=O)CNCC2CCCO2)cc1C. The standard InChI is InChI=1S/C15H21NO3/c1-11-8-12(5-6-15(11)18-2)14(17)10-16-9-13-4-3-7-19-13/h5-6,8,13,16H,3-4,7,9-10H2,1-2H3. The van der Waals surface area contributed by atoms with Crippen LogP contribution < -0.4 is 10.1 Å². The van der Waals surface area contributed by atoms with E-state index in [9.17, 15) is 4.79 Å². The molecule has 4 heteroatoms. The summed E-state index contributed by atoms with van der Waals surface area (Å²) in [7, 11) is 1.63. The maximum atomic E-state index is 12.0. The van der Waals surface area contributed by atoms with Gasteiger partial charge in [-0.25, -0.2) is 0 Å². The van der Waals surface area contributed by atoms with E-state index in [2.05, 4.69) is 5.32 Å². The molecule has 0 aromatic heterocycles. The summed E-state index contributed by atoms with van der Waals surface area (Å²) in [6.45, 7) is 3.89. The summed E-state index contributed by atoms with van der Waals surface area (Å²) in [5.41, 5.74) is 1.70. The third-order valence-electron chi connectivity index (χ3n) is 3.40. The lowest BCUT2D eigenvalue weighted by Gasteiger charge is -2.11. The van der Waals surface area contributed by atoms with Crippen LogP contribution in [0.4, 0.5) is 0 Å². The lowest BCUT2D eigenvalue weighted by Crippen LogP contribution is -2.30. The van der Waals surface area contributed by atoms with E-state index < -0.39 is 0 Å². The van der Waals surface area contributed by atoms with Gasteiger partial charge in [-0.2, -0.15) is 0 Å². The Balaban J connectivity index is 1.83. The smallest absolute Gasteiger partial charge is 0.176 e. The second-order valence-corrected chi connectivity index (χ2v) is 4.87. The van der Waals surface area contributed by atoms with E-state index in [1.165, 1.54) is 0 Å². The number of hydrogen-bond donors (Lipinski definition) is 1. The maximum absolute atomic E-state index is 12.0. The summed E-state index contributed by atoms with van der Waals surface area (Å²) < 4.78 is 10.7.